The maximum atomic E-state index is 3.74. The van der Waals surface area contributed by atoms with Crippen LogP contribution in [0.4, 0.5) is 0 Å². The fraction of sp³-hybridized carbons (Fsp3) is 1.00. The smallest absolute Gasteiger partial charge is 0.109 e. The van der Waals surface area contributed by atoms with Crippen molar-refractivity contribution in [2.75, 3.05) is 0 Å². The summed E-state index contributed by atoms with van der Waals surface area (Å²) in [6, 6.07) is 0. The molecule has 0 saturated heterocycles. The summed E-state index contributed by atoms with van der Waals surface area (Å²) in [7, 11) is -1.96. The van der Waals surface area contributed by atoms with Crippen molar-refractivity contribution in [3.05, 3.63) is 0 Å². The Kier molecular flexibility index (Phi) is 5.99. The first kappa shape index (κ1) is 13.8. The van der Waals surface area contributed by atoms with E-state index < -0.39 is 16.5 Å². The zero-order chi connectivity index (χ0) is 7.71. The van der Waals surface area contributed by atoms with Crippen molar-refractivity contribution < 1.29 is 25.8 Å². The number of nitrogens with one attached hydrogen (secondary N) is 1. The van der Waals surface area contributed by atoms with Crippen molar-refractivity contribution in [1.82, 2.24) is 4.65 Å². The minimum atomic E-state index is -0.981. The normalized spacial score (nSPS) is 12.6. The molecule has 0 spiro atoms. The van der Waals surface area contributed by atoms with Crippen molar-refractivity contribution in [2.24, 2.45) is 0 Å². The Hall–Kier alpha value is 1.26. The topological polar surface area (TPSA) is 12.0 Å². The summed E-state index contributed by atoms with van der Waals surface area (Å²) in [6.07, 6.45) is 0. The van der Waals surface area contributed by atoms with Gasteiger partial charge in [-0.25, -0.2) is 0 Å². The molecule has 0 heterocycles. The average molecular weight is 340 g/mol. The summed E-state index contributed by atoms with van der Waals surface area (Å²) in [4.78, 5) is 0. The standard InChI is InChI=1S/C6H19NSi2.Hf/c1-8(2,3)7-9(4,5)6;/h7H,1-6H3;. The molecule has 0 fully saturated rings. The van der Waals surface area contributed by atoms with E-state index in [4.69, 9.17) is 0 Å². The largest absolute Gasteiger partial charge is 0.360 e. The Morgan fingerprint density at radius 1 is 0.700 bits per heavy atom. The quantitative estimate of drug-likeness (QED) is 0.761. The molecule has 0 aliphatic heterocycles. The zero-order valence-corrected chi connectivity index (χ0v) is 13.6. The summed E-state index contributed by atoms with van der Waals surface area (Å²) < 4.78 is 3.74. The van der Waals surface area contributed by atoms with Crippen LogP contribution in [0.1, 0.15) is 0 Å². The van der Waals surface area contributed by atoms with Gasteiger partial charge in [-0.05, 0) is 0 Å². The predicted octanol–water partition coefficient (Wildman–Crippen LogP) is 2.24. The van der Waals surface area contributed by atoms with Crippen LogP contribution in [0.3, 0.4) is 0 Å². The molecule has 0 atom stereocenters. The third kappa shape index (κ3) is 12.0. The van der Waals surface area contributed by atoms with Gasteiger partial charge >= 0.3 is 0 Å². The summed E-state index contributed by atoms with van der Waals surface area (Å²) >= 11 is 0. The minimum Gasteiger partial charge on any atom is -0.360 e. The second-order valence-corrected chi connectivity index (χ2v) is 14.6. The van der Waals surface area contributed by atoms with Crippen LogP contribution in [0.25, 0.3) is 0 Å². The first-order valence-corrected chi connectivity index (χ1v) is 10.5. The first-order chi connectivity index (χ1) is 3.71. The van der Waals surface area contributed by atoms with E-state index >= 15 is 0 Å². The molecule has 0 amide bonds. The summed E-state index contributed by atoms with van der Waals surface area (Å²) in [6.45, 7) is 14.1. The van der Waals surface area contributed by atoms with E-state index in [2.05, 4.69) is 43.9 Å². The summed E-state index contributed by atoms with van der Waals surface area (Å²) in [5.41, 5.74) is 0. The monoisotopic (exact) mass is 341 g/mol. The second kappa shape index (κ2) is 4.33. The van der Waals surface area contributed by atoms with E-state index in [1.165, 1.54) is 0 Å². The molecule has 0 aromatic carbocycles. The van der Waals surface area contributed by atoms with Gasteiger partial charge in [0.25, 0.3) is 0 Å². The molecular formula is C6H19HfNSi2. The molecule has 60 valence electrons. The van der Waals surface area contributed by atoms with Gasteiger partial charge in [0.15, 0.2) is 0 Å². The van der Waals surface area contributed by atoms with E-state index in [0.717, 1.165) is 0 Å². The molecule has 0 unspecified atom stereocenters. The van der Waals surface area contributed by atoms with Gasteiger partial charge in [0, 0.05) is 25.8 Å². The molecule has 0 bridgehead atoms. The van der Waals surface area contributed by atoms with Crippen LogP contribution in [0.2, 0.25) is 39.3 Å². The fourth-order valence-corrected chi connectivity index (χ4v) is 10.1. The van der Waals surface area contributed by atoms with Crippen LogP contribution < -0.4 is 4.65 Å². The molecule has 10 heavy (non-hydrogen) atoms. The Balaban J connectivity index is 0. The van der Waals surface area contributed by atoms with Crippen LogP contribution in [-0.2, 0) is 25.8 Å². The minimum absolute atomic E-state index is 0. The molecule has 0 rings (SSSR count). The second-order valence-electron chi connectivity index (χ2n) is 4.62. The van der Waals surface area contributed by atoms with Gasteiger partial charge in [0.1, 0.15) is 16.5 Å². The van der Waals surface area contributed by atoms with Crippen molar-refractivity contribution in [1.29, 1.82) is 0 Å². The fourth-order valence-electron chi connectivity index (χ4n) is 1.12. The predicted molar refractivity (Wildman–Crippen MR) is 49.8 cm³/mol. The van der Waals surface area contributed by atoms with Gasteiger partial charge in [-0.1, -0.05) is 39.3 Å². The van der Waals surface area contributed by atoms with Crippen LogP contribution >= 0.6 is 0 Å². The van der Waals surface area contributed by atoms with Crippen molar-refractivity contribution in [2.45, 2.75) is 39.3 Å². The van der Waals surface area contributed by atoms with Gasteiger partial charge in [-0.2, -0.15) is 0 Å². The molecule has 0 aliphatic rings. The molecule has 0 saturated carbocycles. The van der Waals surface area contributed by atoms with E-state index in [1.807, 2.05) is 0 Å². The van der Waals surface area contributed by atoms with E-state index in [1.54, 1.807) is 0 Å². The Morgan fingerprint density at radius 2 is 0.900 bits per heavy atom. The maximum Gasteiger partial charge on any atom is 0.109 e. The molecule has 0 aromatic heterocycles. The maximum absolute atomic E-state index is 3.74. The van der Waals surface area contributed by atoms with Crippen molar-refractivity contribution in [3.63, 3.8) is 0 Å². The Labute approximate surface area is 85.9 Å². The van der Waals surface area contributed by atoms with Crippen molar-refractivity contribution >= 4 is 16.5 Å². The van der Waals surface area contributed by atoms with E-state index in [9.17, 15) is 0 Å². The van der Waals surface area contributed by atoms with Crippen LogP contribution in [0.5, 0.6) is 0 Å². The molecule has 4 heteroatoms. The summed E-state index contributed by atoms with van der Waals surface area (Å²) in [5, 5.41) is 0. The number of hydrogen-bond donors (Lipinski definition) is 1. The Morgan fingerprint density at radius 3 is 0.900 bits per heavy atom. The summed E-state index contributed by atoms with van der Waals surface area (Å²) in [5.74, 6) is 0. The number of hydrogen-bond acceptors (Lipinski definition) is 1. The molecule has 1 N–H and O–H groups in total. The molecule has 0 aliphatic carbocycles. The van der Waals surface area contributed by atoms with Crippen LogP contribution in [0.15, 0.2) is 0 Å². The molecule has 1 nitrogen and oxygen atoms in total. The van der Waals surface area contributed by atoms with E-state index in [-0.39, 0.29) is 25.8 Å². The van der Waals surface area contributed by atoms with Gasteiger partial charge in [0.05, 0.1) is 0 Å². The number of rotatable bonds is 2. The van der Waals surface area contributed by atoms with Crippen molar-refractivity contribution in [3.8, 4) is 0 Å². The average Bonchev–Trinajstić information content (AvgIpc) is 1.14. The third-order valence-electron chi connectivity index (χ3n) is 0.750. The van der Waals surface area contributed by atoms with Crippen LogP contribution in [0, 0.1) is 0 Å². The van der Waals surface area contributed by atoms with Crippen LogP contribution in [-0.4, -0.2) is 16.5 Å². The van der Waals surface area contributed by atoms with Gasteiger partial charge in [-0.3, -0.25) is 0 Å². The zero-order valence-electron chi connectivity index (χ0n) is 8.00. The molecular weight excluding hydrogens is 321 g/mol. The van der Waals surface area contributed by atoms with Gasteiger partial charge < -0.3 is 4.65 Å². The van der Waals surface area contributed by atoms with Gasteiger partial charge in [-0.15, -0.1) is 0 Å². The third-order valence-corrected chi connectivity index (χ3v) is 6.75. The first-order valence-electron chi connectivity index (χ1n) is 3.50. The molecule has 0 aromatic rings. The van der Waals surface area contributed by atoms with E-state index in [0.29, 0.717) is 0 Å². The Bertz CT molecular complexity index is 80.9. The molecule has 0 radical (unpaired) electrons. The van der Waals surface area contributed by atoms with Gasteiger partial charge in [0.2, 0.25) is 0 Å². The SMILES string of the molecule is C[Si](C)(C)N[Si](C)(C)C.[Hf].